The molecule has 13 heavy (non-hydrogen) atoms. The molecule has 1 aliphatic heterocycles. The smallest absolute Gasteiger partial charge is 0.0627 e. The van der Waals surface area contributed by atoms with Crippen LogP contribution >= 0.6 is 0 Å². The zero-order valence-corrected chi connectivity index (χ0v) is 8.95. The van der Waals surface area contributed by atoms with Crippen LogP contribution in [0.4, 0.5) is 0 Å². The molecule has 0 aromatic carbocycles. The Morgan fingerprint density at radius 1 is 1.62 bits per heavy atom. The number of likely N-dealkylation sites (tertiary alicyclic amines) is 1. The summed E-state index contributed by atoms with van der Waals surface area (Å²) in [7, 11) is 0. The molecule has 1 aliphatic rings. The van der Waals surface area contributed by atoms with E-state index in [1.165, 1.54) is 0 Å². The number of nitrogens with zero attached hydrogens (tertiary/aromatic N) is 1. The highest BCUT2D eigenvalue weighted by atomic mass is 16.3. The van der Waals surface area contributed by atoms with Crippen molar-refractivity contribution < 1.29 is 5.11 Å². The molecule has 0 aromatic heterocycles. The van der Waals surface area contributed by atoms with Crippen LogP contribution in [-0.2, 0) is 0 Å². The van der Waals surface area contributed by atoms with Crippen molar-refractivity contribution >= 4 is 0 Å². The van der Waals surface area contributed by atoms with E-state index in [0.29, 0.717) is 12.1 Å². The third kappa shape index (κ3) is 1.87. The lowest BCUT2D eigenvalue weighted by Gasteiger charge is -2.35. The molecule has 3 nitrogen and oxygen atoms in total. The van der Waals surface area contributed by atoms with Crippen LogP contribution in [0.2, 0.25) is 0 Å². The Morgan fingerprint density at radius 3 is 2.62 bits per heavy atom. The van der Waals surface area contributed by atoms with Gasteiger partial charge in [-0.3, -0.25) is 4.90 Å². The molecule has 3 heteroatoms. The van der Waals surface area contributed by atoms with Gasteiger partial charge >= 0.3 is 0 Å². The Morgan fingerprint density at radius 2 is 2.23 bits per heavy atom. The largest absolute Gasteiger partial charge is 0.394 e. The third-order valence-corrected chi connectivity index (χ3v) is 3.24. The first kappa shape index (κ1) is 11.0. The summed E-state index contributed by atoms with van der Waals surface area (Å²) in [6.45, 7) is 7.64. The van der Waals surface area contributed by atoms with Crippen molar-refractivity contribution in [2.45, 2.75) is 51.2 Å². The summed E-state index contributed by atoms with van der Waals surface area (Å²) in [5.74, 6) is 0. The van der Waals surface area contributed by atoms with Crippen molar-refractivity contribution in [3.8, 4) is 0 Å². The molecule has 2 unspecified atom stereocenters. The van der Waals surface area contributed by atoms with Gasteiger partial charge < -0.3 is 10.8 Å². The number of hydrogen-bond donors (Lipinski definition) is 2. The van der Waals surface area contributed by atoms with Gasteiger partial charge in [0.1, 0.15) is 0 Å². The van der Waals surface area contributed by atoms with Crippen LogP contribution in [0.3, 0.4) is 0 Å². The highest BCUT2D eigenvalue weighted by Crippen LogP contribution is 2.29. The predicted octanol–water partition coefficient (Wildman–Crippen LogP) is 0.569. The van der Waals surface area contributed by atoms with Gasteiger partial charge in [-0.05, 0) is 26.7 Å². The van der Waals surface area contributed by atoms with Crippen molar-refractivity contribution in [2.75, 3.05) is 13.2 Å². The molecule has 0 aromatic rings. The second-order valence-electron chi connectivity index (χ2n) is 4.40. The highest BCUT2D eigenvalue weighted by molar-refractivity contribution is 5.03. The second kappa shape index (κ2) is 3.95. The first-order valence-corrected chi connectivity index (χ1v) is 5.20. The minimum atomic E-state index is -0.362. The lowest BCUT2D eigenvalue weighted by molar-refractivity contribution is 0.119. The van der Waals surface area contributed by atoms with E-state index in [9.17, 15) is 5.11 Å². The summed E-state index contributed by atoms with van der Waals surface area (Å²) in [4.78, 5) is 2.40. The van der Waals surface area contributed by atoms with Gasteiger partial charge in [-0.25, -0.2) is 0 Å². The van der Waals surface area contributed by atoms with E-state index in [1.807, 2.05) is 0 Å². The van der Waals surface area contributed by atoms with Crippen LogP contribution in [0.15, 0.2) is 0 Å². The number of aliphatic hydroxyl groups excluding tert-OH is 1. The first-order valence-electron chi connectivity index (χ1n) is 5.20. The zero-order valence-electron chi connectivity index (χ0n) is 8.95. The van der Waals surface area contributed by atoms with Crippen molar-refractivity contribution in [1.82, 2.24) is 4.90 Å². The monoisotopic (exact) mass is 186 g/mol. The average Bonchev–Trinajstić information content (AvgIpc) is 2.43. The van der Waals surface area contributed by atoms with Gasteiger partial charge in [-0.1, -0.05) is 6.92 Å². The van der Waals surface area contributed by atoms with Crippen LogP contribution in [0.25, 0.3) is 0 Å². The van der Waals surface area contributed by atoms with Crippen LogP contribution < -0.4 is 5.73 Å². The summed E-state index contributed by atoms with van der Waals surface area (Å²) < 4.78 is 0. The maximum absolute atomic E-state index is 9.27. The van der Waals surface area contributed by atoms with Gasteiger partial charge in [0.2, 0.25) is 0 Å². The number of nitrogens with two attached hydrogens (primary N) is 1. The Hall–Kier alpha value is -0.120. The second-order valence-corrected chi connectivity index (χ2v) is 4.40. The van der Waals surface area contributed by atoms with E-state index in [-0.39, 0.29) is 12.1 Å². The molecule has 1 heterocycles. The Bertz CT molecular complexity index is 172. The molecule has 0 radical (unpaired) electrons. The van der Waals surface area contributed by atoms with Crippen molar-refractivity contribution in [3.63, 3.8) is 0 Å². The molecule has 1 saturated heterocycles. The predicted molar refractivity (Wildman–Crippen MR) is 54.5 cm³/mol. The van der Waals surface area contributed by atoms with Crippen LogP contribution in [0.1, 0.15) is 33.6 Å². The molecule has 0 aliphatic carbocycles. The molecular formula is C10H22N2O. The number of aliphatic hydroxyl groups is 1. The average molecular weight is 186 g/mol. The maximum atomic E-state index is 9.27. The molecule has 0 saturated carbocycles. The van der Waals surface area contributed by atoms with Crippen LogP contribution in [-0.4, -0.2) is 40.8 Å². The van der Waals surface area contributed by atoms with Crippen molar-refractivity contribution in [3.05, 3.63) is 0 Å². The van der Waals surface area contributed by atoms with Gasteiger partial charge in [0, 0.05) is 18.6 Å². The highest BCUT2D eigenvalue weighted by Gasteiger charge is 2.43. The van der Waals surface area contributed by atoms with Crippen molar-refractivity contribution in [2.24, 2.45) is 5.73 Å². The van der Waals surface area contributed by atoms with Crippen molar-refractivity contribution in [1.29, 1.82) is 0 Å². The number of rotatable bonds is 3. The standard InChI is InChI=1S/C10H22N2O/c1-4-9-10(11,7-13)5-6-12(9)8(2)3/h8-9,13H,4-7,11H2,1-3H3. The van der Waals surface area contributed by atoms with Gasteiger partial charge in [0.25, 0.3) is 0 Å². The van der Waals surface area contributed by atoms with Crippen LogP contribution in [0.5, 0.6) is 0 Å². The van der Waals surface area contributed by atoms with E-state index in [4.69, 9.17) is 5.73 Å². The minimum Gasteiger partial charge on any atom is -0.394 e. The van der Waals surface area contributed by atoms with Crippen LogP contribution in [0, 0.1) is 0 Å². The van der Waals surface area contributed by atoms with Gasteiger partial charge in [0.15, 0.2) is 0 Å². The fourth-order valence-corrected chi connectivity index (χ4v) is 2.43. The normalized spacial score (nSPS) is 36.0. The summed E-state index contributed by atoms with van der Waals surface area (Å²) in [6.07, 6.45) is 1.94. The molecule has 2 atom stereocenters. The lowest BCUT2D eigenvalue weighted by atomic mass is 9.90. The summed E-state index contributed by atoms with van der Waals surface area (Å²) >= 11 is 0. The summed E-state index contributed by atoms with van der Waals surface area (Å²) in [6, 6.07) is 0.874. The summed E-state index contributed by atoms with van der Waals surface area (Å²) in [5.41, 5.74) is 5.79. The Labute approximate surface area is 80.9 Å². The van der Waals surface area contributed by atoms with E-state index in [2.05, 4.69) is 25.7 Å². The molecule has 1 rings (SSSR count). The fourth-order valence-electron chi connectivity index (χ4n) is 2.43. The molecule has 0 spiro atoms. The molecule has 0 amide bonds. The van der Waals surface area contributed by atoms with E-state index < -0.39 is 0 Å². The van der Waals surface area contributed by atoms with Gasteiger partial charge in [-0.2, -0.15) is 0 Å². The fraction of sp³-hybridized carbons (Fsp3) is 1.00. The minimum absolute atomic E-state index is 0.106. The lowest BCUT2D eigenvalue weighted by Crippen LogP contribution is -2.55. The quantitative estimate of drug-likeness (QED) is 0.677. The third-order valence-electron chi connectivity index (χ3n) is 3.24. The first-order chi connectivity index (χ1) is 6.05. The number of hydrogen-bond acceptors (Lipinski definition) is 3. The molecule has 0 bridgehead atoms. The Kier molecular flexibility index (Phi) is 3.33. The van der Waals surface area contributed by atoms with E-state index in [0.717, 1.165) is 19.4 Å². The van der Waals surface area contributed by atoms with Gasteiger partial charge in [-0.15, -0.1) is 0 Å². The summed E-state index contributed by atoms with van der Waals surface area (Å²) in [5, 5.41) is 9.27. The topological polar surface area (TPSA) is 49.5 Å². The molecule has 3 N–H and O–H groups in total. The maximum Gasteiger partial charge on any atom is 0.0627 e. The van der Waals surface area contributed by atoms with E-state index in [1.54, 1.807) is 0 Å². The van der Waals surface area contributed by atoms with Gasteiger partial charge in [0.05, 0.1) is 12.1 Å². The van der Waals surface area contributed by atoms with E-state index >= 15 is 0 Å². The zero-order chi connectivity index (χ0) is 10.1. The Balaban J connectivity index is 2.74. The molecular weight excluding hydrogens is 164 g/mol. The molecule has 1 fully saturated rings. The molecule has 78 valence electrons. The SMILES string of the molecule is CCC1N(C(C)C)CCC1(N)CO.